The van der Waals surface area contributed by atoms with E-state index in [-0.39, 0.29) is 0 Å². The first kappa shape index (κ1) is 8.94. The average molecular weight is 187 g/mol. The summed E-state index contributed by atoms with van der Waals surface area (Å²) < 4.78 is 0. The van der Waals surface area contributed by atoms with Crippen LogP contribution in [0.1, 0.15) is 17.1 Å². The van der Waals surface area contributed by atoms with E-state index in [9.17, 15) is 0 Å². The van der Waals surface area contributed by atoms with Crippen molar-refractivity contribution in [3.63, 3.8) is 0 Å². The Morgan fingerprint density at radius 2 is 2.21 bits per heavy atom. The lowest BCUT2D eigenvalue weighted by molar-refractivity contribution is 0.913. The molecule has 2 rings (SSSR count). The normalized spacial score (nSPS) is 10.4. The molecule has 0 bridgehead atoms. The van der Waals surface area contributed by atoms with Gasteiger partial charge in [-0.05, 0) is 31.4 Å². The number of aromatic nitrogens is 3. The van der Waals surface area contributed by atoms with Gasteiger partial charge in [-0.2, -0.15) is 0 Å². The second kappa shape index (κ2) is 4.05. The number of aryl methyl sites for hydroxylation is 3. The summed E-state index contributed by atoms with van der Waals surface area (Å²) in [4.78, 5) is 11.4. The fourth-order valence-corrected chi connectivity index (χ4v) is 1.42. The van der Waals surface area contributed by atoms with Crippen LogP contribution in [0.15, 0.2) is 30.7 Å². The quantitative estimate of drug-likeness (QED) is 0.797. The van der Waals surface area contributed by atoms with Crippen LogP contribution in [-0.2, 0) is 12.8 Å². The summed E-state index contributed by atoms with van der Waals surface area (Å²) in [6, 6.07) is 4.06. The Hall–Kier alpha value is -1.64. The van der Waals surface area contributed by atoms with Crippen molar-refractivity contribution >= 4 is 0 Å². The number of pyridine rings is 1. The summed E-state index contributed by atoms with van der Waals surface area (Å²) in [6.07, 6.45) is 7.60. The number of H-pyrrole nitrogens is 1. The van der Waals surface area contributed by atoms with E-state index in [1.54, 1.807) is 6.20 Å². The third-order valence-electron chi connectivity index (χ3n) is 2.16. The van der Waals surface area contributed by atoms with Crippen LogP contribution in [0.5, 0.6) is 0 Å². The molecule has 0 radical (unpaired) electrons. The zero-order chi connectivity index (χ0) is 9.80. The van der Waals surface area contributed by atoms with E-state index in [0.717, 1.165) is 18.7 Å². The van der Waals surface area contributed by atoms with Crippen LogP contribution in [0, 0.1) is 6.92 Å². The van der Waals surface area contributed by atoms with Crippen molar-refractivity contribution in [2.75, 3.05) is 0 Å². The number of imidazole rings is 1. The van der Waals surface area contributed by atoms with Crippen molar-refractivity contribution in [2.24, 2.45) is 0 Å². The highest BCUT2D eigenvalue weighted by molar-refractivity contribution is 5.11. The van der Waals surface area contributed by atoms with E-state index in [1.165, 1.54) is 11.3 Å². The Labute approximate surface area is 83.2 Å². The standard InChI is InChI=1S/C11H13N3/c1-9-13-8-11(14-9)5-4-10-3-2-6-12-7-10/h2-3,6-8H,4-5H2,1H3,(H,13,14). The first-order valence-corrected chi connectivity index (χ1v) is 4.74. The Morgan fingerprint density at radius 3 is 2.86 bits per heavy atom. The molecule has 0 amide bonds. The van der Waals surface area contributed by atoms with Crippen molar-refractivity contribution < 1.29 is 0 Å². The maximum atomic E-state index is 4.16. The van der Waals surface area contributed by atoms with Crippen LogP contribution in [0.25, 0.3) is 0 Å². The van der Waals surface area contributed by atoms with E-state index in [0.29, 0.717) is 0 Å². The fourth-order valence-electron chi connectivity index (χ4n) is 1.42. The van der Waals surface area contributed by atoms with E-state index in [2.05, 4.69) is 21.0 Å². The molecule has 1 N–H and O–H groups in total. The summed E-state index contributed by atoms with van der Waals surface area (Å²) in [6.45, 7) is 1.97. The van der Waals surface area contributed by atoms with Crippen LogP contribution in [0.3, 0.4) is 0 Å². The van der Waals surface area contributed by atoms with Gasteiger partial charge in [-0.1, -0.05) is 6.07 Å². The van der Waals surface area contributed by atoms with Crippen LogP contribution in [0.4, 0.5) is 0 Å². The first-order valence-electron chi connectivity index (χ1n) is 4.74. The van der Waals surface area contributed by atoms with Gasteiger partial charge in [0.15, 0.2) is 0 Å². The second-order valence-electron chi connectivity index (χ2n) is 3.36. The van der Waals surface area contributed by atoms with Gasteiger partial charge in [0.2, 0.25) is 0 Å². The molecule has 3 heteroatoms. The molecule has 0 aromatic carbocycles. The maximum Gasteiger partial charge on any atom is 0.103 e. The molecule has 0 fully saturated rings. The van der Waals surface area contributed by atoms with E-state index >= 15 is 0 Å². The number of rotatable bonds is 3. The summed E-state index contributed by atoms with van der Waals surface area (Å²) >= 11 is 0. The highest BCUT2D eigenvalue weighted by Crippen LogP contribution is 2.03. The van der Waals surface area contributed by atoms with Crippen molar-refractivity contribution in [3.05, 3.63) is 47.8 Å². The van der Waals surface area contributed by atoms with Crippen LogP contribution in [-0.4, -0.2) is 15.0 Å². The van der Waals surface area contributed by atoms with Gasteiger partial charge < -0.3 is 4.98 Å². The van der Waals surface area contributed by atoms with Gasteiger partial charge in [0.05, 0.1) is 0 Å². The largest absolute Gasteiger partial charge is 0.346 e. The number of nitrogens with zero attached hydrogens (tertiary/aromatic N) is 2. The molecule has 0 atom stereocenters. The molecule has 0 unspecified atom stereocenters. The molecule has 0 aliphatic rings. The highest BCUT2D eigenvalue weighted by Gasteiger charge is 1.97. The summed E-state index contributed by atoms with van der Waals surface area (Å²) in [5, 5.41) is 0. The lowest BCUT2D eigenvalue weighted by atomic mass is 10.1. The Morgan fingerprint density at radius 1 is 1.29 bits per heavy atom. The molecule has 2 heterocycles. The van der Waals surface area contributed by atoms with Crippen molar-refractivity contribution in [3.8, 4) is 0 Å². The predicted molar refractivity (Wildman–Crippen MR) is 55.0 cm³/mol. The van der Waals surface area contributed by atoms with Gasteiger partial charge in [-0.15, -0.1) is 0 Å². The van der Waals surface area contributed by atoms with Crippen LogP contribution < -0.4 is 0 Å². The molecule has 3 nitrogen and oxygen atoms in total. The van der Waals surface area contributed by atoms with E-state index in [4.69, 9.17) is 0 Å². The molecule has 0 saturated heterocycles. The second-order valence-corrected chi connectivity index (χ2v) is 3.36. The molecular formula is C11H13N3. The molecule has 0 aliphatic carbocycles. The minimum absolute atomic E-state index is 0.978. The van der Waals surface area contributed by atoms with Crippen molar-refractivity contribution in [1.29, 1.82) is 0 Å². The van der Waals surface area contributed by atoms with Crippen molar-refractivity contribution in [1.82, 2.24) is 15.0 Å². The Bertz CT molecular complexity index is 392. The van der Waals surface area contributed by atoms with Gasteiger partial charge in [0.1, 0.15) is 5.82 Å². The number of hydrogen-bond acceptors (Lipinski definition) is 2. The molecule has 0 saturated carbocycles. The zero-order valence-electron chi connectivity index (χ0n) is 8.20. The lowest BCUT2D eigenvalue weighted by Crippen LogP contribution is -1.91. The Balaban J connectivity index is 1.95. The first-order chi connectivity index (χ1) is 6.84. The number of nitrogens with one attached hydrogen (secondary N) is 1. The van der Waals surface area contributed by atoms with E-state index < -0.39 is 0 Å². The molecule has 0 spiro atoms. The topological polar surface area (TPSA) is 41.6 Å². The van der Waals surface area contributed by atoms with Crippen molar-refractivity contribution in [2.45, 2.75) is 19.8 Å². The smallest absolute Gasteiger partial charge is 0.103 e. The maximum absolute atomic E-state index is 4.16. The average Bonchev–Trinajstić information content (AvgIpc) is 2.63. The third-order valence-corrected chi connectivity index (χ3v) is 2.16. The fraction of sp³-hybridized carbons (Fsp3) is 0.273. The molecule has 72 valence electrons. The molecule has 14 heavy (non-hydrogen) atoms. The summed E-state index contributed by atoms with van der Waals surface area (Å²) in [5.74, 6) is 0.978. The number of hydrogen-bond donors (Lipinski definition) is 1. The van der Waals surface area contributed by atoms with Gasteiger partial charge >= 0.3 is 0 Å². The van der Waals surface area contributed by atoms with Crippen LogP contribution >= 0.6 is 0 Å². The highest BCUT2D eigenvalue weighted by atomic mass is 14.9. The van der Waals surface area contributed by atoms with Gasteiger partial charge in [-0.25, -0.2) is 4.98 Å². The SMILES string of the molecule is Cc1ncc(CCc2cccnc2)[nH]1. The third kappa shape index (κ3) is 2.19. The minimum atomic E-state index is 0.978. The van der Waals surface area contributed by atoms with Gasteiger partial charge in [0.25, 0.3) is 0 Å². The predicted octanol–water partition coefficient (Wildman–Crippen LogP) is 1.90. The van der Waals surface area contributed by atoms with Crippen LogP contribution in [0.2, 0.25) is 0 Å². The molecule has 2 aromatic heterocycles. The molecule has 0 aliphatic heterocycles. The van der Waals surface area contributed by atoms with Gasteiger partial charge in [-0.3, -0.25) is 4.98 Å². The van der Waals surface area contributed by atoms with Gasteiger partial charge in [0, 0.05) is 24.3 Å². The summed E-state index contributed by atoms with van der Waals surface area (Å²) in [5.41, 5.74) is 2.45. The molecule has 2 aromatic rings. The Kier molecular flexibility index (Phi) is 2.58. The number of aromatic amines is 1. The minimum Gasteiger partial charge on any atom is -0.346 e. The molecular weight excluding hydrogens is 174 g/mol. The van der Waals surface area contributed by atoms with E-state index in [1.807, 2.05) is 25.4 Å². The lowest BCUT2D eigenvalue weighted by Gasteiger charge is -1.97. The zero-order valence-corrected chi connectivity index (χ0v) is 8.20. The monoisotopic (exact) mass is 187 g/mol. The summed E-state index contributed by atoms with van der Waals surface area (Å²) in [7, 11) is 0.